The number of carbonyl (C=O) groups excluding carboxylic acids is 6. The summed E-state index contributed by atoms with van der Waals surface area (Å²) in [5, 5.41) is 26.3. The molecule has 0 fully saturated rings. The van der Waals surface area contributed by atoms with E-state index in [1.807, 2.05) is 84.9 Å². The number of hydrogen-bond acceptors (Lipinski definition) is 7. The van der Waals surface area contributed by atoms with Crippen molar-refractivity contribution in [1.29, 1.82) is 0 Å². The van der Waals surface area contributed by atoms with Crippen LogP contribution in [-0.4, -0.2) is 83.3 Å². The minimum absolute atomic E-state index is 0.00151. The lowest BCUT2D eigenvalue weighted by atomic mass is 9.98. The molecule has 14 heteroatoms. The van der Waals surface area contributed by atoms with Gasteiger partial charge in [-0.25, -0.2) is 4.79 Å². The fourth-order valence-electron chi connectivity index (χ4n) is 7.71. The Balaban J connectivity index is 1.22. The van der Waals surface area contributed by atoms with Gasteiger partial charge in [0, 0.05) is 37.8 Å². The number of rotatable bonds is 24. The van der Waals surface area contributed by atoms with Crippen LogP contribution >= 0.6 is 0 Å². The van der Waals surface area contributed by atoms with Gasteiger partial charge in [-0.1, -0.05) is 164 Å². The monoisotopic (exact) mass is 942 g/mol. The molecule has 0 heterocycles. The molecule has 0 radical (unpaired) electrons. The summed E-state index contributed by atoms with van der Waals surface area (Å²) in [6, 6.07) is 46.9. The number of carboxylic acid groups (broad SMARTS) is 1. The molecule has 70 heavy (non-hydrogen) atoms. The van der Waals surface area contributed by atoms with Crippen LogP contribution in [0, 0.1) is 0 Å². The maximum atomic E-state index is 14.7. The fourth-order valence-corrected chi connectivity index (χ4v) is 7.71. The zero-order chi connectivity index (χ0) is 49.7. The molecule has 0 aromatic heterocycles. The van der Waals surface area contributed by atoms with Crippen LogP contribution in [-0.2, 0) is 54.5 Å². The van der Waals surface area contributed by atoms with Crippen LogP contribution in [0.15, 0.2) is 176 Å². The summed E-state index contributed by atoms with van der Waals surface area (Å²) in [7, 11) is 0. The van der Waals surface area contributed by atoms with E-state index in [-0.39, 0.29) is 44.6 Å². The summed E-state index contributed by atoms with van der Waals surface area (Å²) in [6.07, 6.45) is 0.468. The third-order valence-corrected chi connectivity index (χ3v) is 11.6. The van der Waals surface area contributed by atoms with E-state index < -0.39 is 65.7 Å². The normalized spacial score (nSPS) is 12.9. The molecule has 0 spiro atoms. The molecule has 14 nitrogen and oxygen atoms in total. The zero-order valence-electron chi connectivity index (χ0n) is 38.9. The summed E-state index contributed by atoms with van der Waals surface area (Å²) < 4.78 is 0. The minimum Gasteiger partial charge on any atom is -0.480 e. The van der Waals surface area contributed by atoms with Crippen molar-refractivity contribution in [2.75, 3.05) is 6.54 Å². The van der Waals surface area contributed by atoms with Crippen molar-refractivity contribution in [2.24, 2.45) is 0 Å². The molecule has 6 aromatic carbocycles. The number of amides is 6. The Labute approximate surface area is 407 Å². The van der Waals surface area contributed by atoms with Gasteiger partial charge in [-0.2, -0.15) is 0 Å². The molecule has 7 N–H and O–H groups in total. The molecular weight excluding hydrogens is 885 g/mol. The smallest absolute Gasteiger partial charge is 0.326 e. The van der Waals surface area contributed by atoms with E-state index in [0.717, 1.165) is 16.7 Å². The predicted molar refractivity (Wildman–Crippen MR) is 267 cm³/mol. The highest BCUT2D eigenvalue weighted by molar-refractivity contribution is 5.97. The van der Waals surface area contributed by atoms with Crippen LogP contribution in [0.1, 0.15) is 52.4 Å². The summed E-state index contributed by atoms with van der Waals surface area (Å²) in [5.41, 5.74) is 5.36. The average Bonchev–Trinajstić information content (AvgIpc) is 3.38. The van der Waals surface area contributed by atoms with Crippen LogP contribution in [0.4, 0.5) is 0 Å². The van der Waals surface area contributed by atoms with Crippen LogP contribution in [0.3, 0.4) is 0 Å². The maximum absolute atomic E-state index is 14.7. The Morgan fingerprint density at radius 1 is 0.429 bits per heavy atom. The van der Waals surface area contributed by atoms with Gasteiger partial charge in [0.25, 0.3) is 5.91 Å². The SMILES string of the molecule is CC(NC(=O)[C@@H](Cc1ccccc1)NC(=O)[C@H](Cc1ccc(-c2ccccc2)cc1)NC(=O)[C@@H](CCc1ccccc1)NC(=O)CCNC(=O)c1ccccc1)C(=O)N[C@H](Cc1ccccc1)C(=O)O. The van der Waals surface area contributed by atoms with Gasteiger partial charge in [-0.15, -0.1) is 0 Å². The highest BCUT2D eigenvalue weighted by Crippen LogP contribution is 2.20. The minimum atomic E-state index is -1.28. The lowest BCUT2D eigenvalue weighted by Gasteiger charge is -2.26. The first-order chi connectivity index (χ1) is 33.9. The summed E-state index contributed by atoms with van der Waals surface area (Å²) in [6.45, 7) is 1.43. The first kappa shape index (κ1) is 51.0. The summed E-state index contributed by atoms with van der Waals surface area (Å²) in [5.74, 6) is -4.91. The Morgan fingerprint density at radius 2 is 0.843 bits per heavy atom. The second kappa shape index (κ2) is 26.2. The van der Waals surface area contributed by atoms with E-state index in [1.165, 1.54) is 6.92 Å². The van der Waals surface area contributed by atoms with Crippen molar-refractivity contribution in [1.82, 2.24) is 31.9 Å². The van der Waals surface area contributed by atoms with E-state index in [9.17, 15) is 38.7 Å². The highest BCUT2D eigenvalue weighted by Gasteiger charge is 2.32. The molecular formula is C56H58N6O8. The number of hydrogen-bond donors (Lipinski definition) is 7. The lowest BCUT2D eigenvalue weighted by molar-refractivity contribution is -0.142. The fraction of sp³-hybridized carbons (Fsp3) is 0.232. The van der Waals surface area contributed by atoms with Crippen LogP contribution in [0.2, 0.25) is 0 Å². The molecule has 6 aromatic rings. The molecule has 360 valence electrons. The van der Waals surface area contributed by atoms with E-state index in [0.29, 0.717) is 28.7 Å². The first-order valence-electron chi connectivity index (χ1n) is 23.2. The maximum Gasteiger partial charge on any atom is 0.326 e. The molecule has 0 bridgehead atoms. The van der Waals surface area contributed by atoms with Gasteiger partial charge in [0.2, 0.25) is 29.5 Å². The number of aliphatic carboxylic acids is 1. The standard InChI is InChI=1S/C56H58N6O8/c1-38(51(64)62-49(56(69)70)37-41-21-11-4-12-22-41)58-54(67)47(35-40-19-9-3-10-20-40)61-55(68)48(36-42-27-30-44(31-28-42)43-23-13-5-14-24-43)60-53(66)46(32-29-39-17-7-2-8-18-39)59-50(63)33-34-57-52(65)45-25-15-6-16-26-45/h2-28,30-31,38,46-49H,29,32-37H2,1H3,(H,57,65)(H,58,67)(H,59,63)(H,60,66)(H,61,68)(H,62,64)(H,69,70)/t38?,46-,47-,48+,49-/m1/s1. The Morgan fingerprint density at radius 3 is 1.37 bits per heavy atom. The molecule has 1 unspecified atom stereocenters. The molecule has 0 aliphatic rings. The second-order valence-corrected chi connectivity index (χ2v) is 16.9. The van der Waals surface area contributed by atoms with Gasteiger partial charge in [0.05, 0.1) is 0 Å². The Hall–Kier alpha value is -8.39. The van der Waals surface area contributed by atoms with E-state index >= 15 is 0 Å². The third-order valence-electron chi connectivity index (χ3n) is 11.6. The third kappa shape index (κ3) is 16.1. The first-order valence-corrected chi connectivity index (χ1v) is 23.2. The molecule has 0 saturated heterocycles. The molecule has 0 aliphatic heterocycles. The van der Waals surface area contributed by atoms with Gasteiger partial charge in [0.15, 0.2) is 0 Å². The number of aryl methyl sites for hydroxylation is 1. The molecule has 6 rings (SSSR count). The predicted octanol–water partition coefficient (Wildman–Crippen LogP) is 5.36. The second-order valence-electron chi connectivity index (χ2n) is 16.9. The lowest BCUT2D eigenvalue weighted by Crippen LogP contribution is -2.59. The van der Waals surface area contributed by atoms with Crippen LogP contribution in [0.25, 0.3) is 11.1 Å². The topological polar surface area (TPSA) is 212 Å². The quantitative estimate of drug-likeness (QED) is 0.0419. The van der Waals surface area contributed by atoms with Gasteiger partial charge < -0.3 is 37.0 Å². The molecule has 6 amide bonds. The summed E-state index contributed by atoms with van der Waals surface area (Å²) in [4.78, 5) is 94.9. The van der Waals surface area contributed by atoms with Gasteiger partial charge in [-0.3, -0.25) is 28.8 Å². The van der Waals surface area contributed by atoms with Crippen molar-refractivity contribution < 1.29 is 38.7 Å². The molecule has 0 saturated carbocycles. The zero-order valence-corrected chi connectivity index (χ0v) is 38.9. The largest absolute Gasteiger partial charge is 0.480 e. The summed E-state index contributed by atoms with van der Waals surface area (Å²) >= 11 is 0. The number of carbonyl (C=O) groups is 7. The van der Waals surface area contributed by atoms with Gasteiger partial charge in [-0.05, 0) is 65.3 Å². The molecule has 5 atom stereocenters. The number of benzene rings is 6. The Kier molecular flexibility index (Phi) is 19.1. The van der Waals surface area contributed by atoms with Crippen molar-refractivity contribution in [2.45, 2.75) is 75.7 Å². The van der Waals surface area contributed by atoms with Crippen LogP contribution in [0.5, 0.6) is 0 Å². The highest BCUT2D eigenvalue weighted by atomic mass is 16.4. The van der Waals surface area contributed by atoms with E-state index in [4.69, 9.17) is 0 Å². The van der Waals surface area contributed by atoms with Gasteiger partial charge >= 0.3 is 5.97 Å². The van der Waals surface area contributed by atoms with E-state index in [1.54, 1.807) is 91.0 Å². The molecule has 0 aliphatic carbocycles. The van der Waals surface area contributed by atoms with E-state index in [2.05, 4.69) is 31.9 Å². The van der Waals surface area contributed by atoms with Crippen molar-refractivity contribution in [3.8, 4) is 11.1 Å². The number of carboxylic acids is 1. The Bertz CT molecular complexity index is 2660. The van der Waals surface area contributed by atoms with Crippen molar-refractivity contribution >= 4 is 41.4 Å². The van der Waals surface area contributed by atoms with Crippen molar-refractivity contribution in [3.63, 3.8) is 0 Å². The average molecular weight is 943 g/mol. The van der Waals surface area contributed by atoms with Crippen molar-refractivity contribution in [3.05, 3.63) is 204 Å². The van der Waals surface area contributed by atoms with Crippen LogP contribution < -0.4 is 31.9 Å². The number of nitrogens with one attached hydrogen (secondary N) is 6. The van der Waals surface area contributed by atoms with Gasteiger partial charge in [0.1, 0.15) is 30.2 Å².